The van der Waals surface area contributed by atoms with Gasteiger partial charge in [0.15, 0.2) is 0 Å². The van der Waals surface area contributed by atoms with Crippen LogP contribution in [0.5, 0.6) is 0 Å². The van der Waals surface area contributed by atoms with Crippen molar-refractivity contribution in [3.05, 3.63) is 45.6 Å². The minimum atomic E-state index is 0.730. The molecular formula is C11H8BrClO. The third-order valence-corrected chi connectivity index (χ3v) is 2.76. The van der Waals surface area contributed by atoms with E-state index >= 15 is 0 Å². The summed E-state index contributed by atoms with van der Waals surface area (Å²) in [5.41, 5.74) is 1.02. The lowest BCUT2D eigenvalue weighted by molar-refractivity contribution is 0.547. The first-order valence-corrected chi connectivity index (χ1v) is 5.36. The quantitative estimate of drug-likeness (QED) is 0.734. The number of halogens is 2. The van der Waals surface area contributed by atoms with Crippen molar-refractivity contribution in [3.8, 4) is 11.3 Å². The average Bonchev–Trinajstić information content (AvgIpc) is 2.47. The standard InChI is InChI=1S/C11H8BrClO/c1-7-6-10(12)11(14-7)8-2-4-9(13)5-3-8/h2-6H,1H3. The lowest BCUT2D eigenvalue weighted by Gasteiger charge is -1.97. The van der Waals surface area contributed by atoms with E-state index in [-0.39, 0.29) is 0 Å². The van der Waals surface area contributed by atoms with Gasteiger partial charge in [0.1, 0.15) is 11.5 Å². The molecule has 0 aliphatic heterocycles. The van der Waals surface area contributed by atoms with Gasteiger partial charge in [0.2, 0.25) is 0 Å². The molecule has 1 aromatic heterocycles. The van der Waals surface area contributed by atoms with Gasteiger partial charge in [-0.3, -0.25) is 0 Å². The summed E-state index contributed by atoms with van der Waals surface area (Å²) < 4.78 is 6.52. The summed E-state index contributed by atoms with van der Waals surface area (Å²) in [4.78, 5) is 0. The zero-order valence-electron chi connectivity index (χ0n) is 7.55. The van der Waals surface area contributed by atoms with E-state index in [0.29, 0.717) is 0 Å². The van der Waals surface area contributed by atoms with Gasteiger partial charge < -0.3 is 4.42 Å². The van der Waals surface area contributed by atoms with Gasteiger partial charge in [-0.1, -0.05) is 11.6 Å². The monoisotopic (exact) mass is 270 g/mol. The van der Waals surface area contributed by atoms with Crippen molar-refractivity contribution < 1.29 is 4.42 Å². The van der Waals surface area contributed by atoms with Gasteiger partial charge in [0.25, 0.3) is 0 Å². The molecule has 2 aromatic rings. The topological polar surface area (TPSA) is 13.1 Å². The molecule has 72 valence electrons. The second-order valence-electron chi connectivity index (χ2n) is 3.04. The van der Waals surface area contributed by atoms with Crippen molar-refractivity contribution in [2.75, 3.05) is 0 Å². The van der Waals surface area contributed by atoms with Crippen LogP contribution >= 0.6 is 27.5 Å². The summed E-state index contributed by atoms with van der Waals surface area (Å²) in [6, 6.07) is 9.52. The molecular weight excluding hydrogens is 263 g/mol. The van der Waals surface area contributed by atoms with E-state index in [0.717, 1.165) is 26.6 Å². The SMILES string of the molecule is Cc1cc(Br)c(-c2ccc(Cl)cc2)o1. The van der Waals surface area contributed by atoms with Crippen molar-refractivity contribution in [2.45, 2.75) is 6.92 Å². The Hall–Kier alpha value is -0.730. The maximum atomic E-state index is 5.80. The highest BCUT2D eigenvalue weighted by Gasteiger charge is 2.08. The molecule has 0 bridgehead atoms. The van der Waals surface area contributed by atoms with Crippen molar-refractivity contribution in [1.82, 2.24) is 0 Å². The zero-order chi connectivity index (χ0) is 10.1. The van der Waals surface area contributed by atoms with Crippen molar-refractivity contribution in [1.29, 1.82) is 0 Å². The van der Waals surface area contributed by atoms with E-state index in [9.17, 15) is 0 Å². The largest absolute Gasteiger partial charge is 0.460 e. The summed E-state index contributed by atoms with van der Waals surface area (Å²) in [6.45, 7) is 1.92. The molecule has 2 rings (SSSR count). The number of aryl methyl sites for hydroxylation is 1. The molecule has 0 saturated heterocycles. The summed E-state index contributed by atoms with van der Waals surface area (Å²) in [5, 5.41) is 0.730. The highest BCUT2D eigenvalue weighted by atomic mass is 79.9. The van der Waals surface area contributed by atoms with E-state index in [2.05, 4.69) is 15.9 Å². The molecule has 14 heavy (non-hydrogen) atoms. The molecule has 0 amide bonds. The van der Waals surface area contributed by atoms with Crippen LogP contribution in [-0.2, 0) is 0 Å². The highest BCUT2D eigenvalue weighted by molar-refractivity contribution is 9.10. The number of furan rings is 1. The first-order valence-electron chi connectivity index (χ1n) is 4.18. The normalized spacial score (nSPS) is 10.5. The van der Waals surface area contributed by atoms with Crippen molar-refractivity contribution >= 4 is 27.5 Å². The Kier molecular flexibility index (Phi) is 2.66. The van der Waals surface area contributed by atoms with Crippen LogP contribution in [0, 0.1) is 6.92 Å². The molecule has 0 N–H and O–H groups in total. The van der Waals surface area contributed by atoms with Crippen LogP contribution in [0.15, 0.2) is 39.2 Å². The van der Waals surface area contributed by atoms with Crippen LogP contribution in [0.4, 0.5) is 0 Å². The summed E-state index contributed by atoms with van der Waals surface area (Å²) in [5.74, 6) is 1.74. The average molecular weight is 272 g/mol. The lowest BCUT2D eigenvalue weighted by Crippen LogP contribution is -1.73. The Balaban J connectivity index is 2.49. The fourth-order valence-corrected chi connectivity index (χ4v) is 2.04. The molecule has 0 atom stereocenters. The van der Waals surface area contributed by atoms with Gasteiger partial charge in [-0.25, -0.2) is 0 Å². The molecule has 0 spiro atoms. The van der Waals surface area contributed by atoms with Crippen LogP contribution in [0.1, 0.15) is 5.76 Å². The van der Waals surface area contributed by atoms with Crippen LogP contribution < -0.4 is 0 Å². The maximum Gasteiger partial charge on any atom is 0.148 e. The Labute approximate surface area is 95.8 Å². The fraction of sp³-hybridized carbons (Fsp3) is 0.0909. The van der Waals surface area contributed by atoms with Gasteiger partial charge in [-0.15, -0.1) is 0 Å². The molecule has 0 aliphatic rings. The first kappa shape index (κ1) is 9.81. The van der Waals surface area contributed by atoms with Gasteiger partial charge >= 0.3 is 0 Å². The van der Waals surface area contributed by atoms with Gasteiger partial charge in [0.05, 0.1) is 4.47 Å². The molecule has 0 unspecified atom stereocenters. The second kappa shape index (κ2) is 3.79. The Morgan fingerprint density at radius 2 is 1.86 bits per heavy atom. The minimum Gasteiger partial charge on any atom is -0.460 e. The summed E-state index contributed by atoms with van der Waals surface area (Å²) in [7, 11) is 0. The van der Waals surface area contributed by atoms with Crippen molar-refractivity contribution in [3.63, 3.8) is 0 Å². The highest BCUT2D eigenvalue weighted by Crippen LogP contribution is 2.31. The van der Waals surface area contributed by atoms with E-state index < -0.39 is 0 Å². The zero-order valence-corrected chi connectivity index (χ0v) is 9.89. The molecule has 1 aromatic carbocycles. The van der Waals surface area contributed by atoms with Gasteiger partial charge in [0, 0.05) is 10.6 Å². The number of benzene rings is 1. The molecule has 3 heteroatoms. The van der Waals surface area contributed by atoms with Crippen LogP contribution in [0.25, 0.3) is 11.3 Å². The maximum absolute atomic E-state index is 5.80. The number of hydrogen-bond donors (Lipinski definition) is 0. The molecule has 1 nitrogen and oxygen atoms in total. The third kappa shape index (κ3) is 1.86. The molecule has 0 saturated carbocycles. The Bertz CT molecular complexity index is 445. The van der Waals surface area contributed by atoms with E-state index in [1.54, 1.807) is 0 Å². The number of rotatable bonds is 1. The lowest BCUT2D eigenvalue weighted by atomic mass is 10.2. The molecule has 1 heterocycles. The Morgan fingerprint density at radius 1 is 1.21 bits per heavy atom. The predicted octanol–water partition coefficient (Wildman–Crippen LogP) is 4.67. The first-order chi connectivity index (χ1) is 6.66. The smallest absolute Gasteiger partial charge is 0.148 e. The predicted molar refractivity (Wildman–Crippen MR) is 61.6 cm³/mol. The fourth-order valence-electron chi connectivity index (χ4n) is 1.28. The second-order valence-corrected chi connectivity index (χ2v) is 4.33. The number of hydrogen-bond acceptors (Lipinski definition) is 1. The van der Waals surface area contributed by atoms with Crippen LogP contribution in [-0.4, -0.2) is 0 Å². The van der Waals surface area contributed by atoms with Gasteiger partial charge in [-0.05, 0) is 53.2 Å². The minimum absolute atomic E-state index is 0.730. The summed E-state index contributed by atoms with van der Waals surface area (Å²) >= 11 is 9.25. The van der Waals surface area contributed by atoms with Crippen molar-refractivity contribution in [2.24, 2.45) is 0 Å². The molecule has 0 fully saturated rings. The van der Waals surface area contributed by atoms with Gasteiger partial charge in [-0.2, -0.15) is 0 Å². The van der Waals surface area contributed by atoms with Crippen LogP contribution in [0.3, 0.4) is 0 Å². The third-order valence-electron chi connectivity index (χ3n) is 1.92. The van der Waals surface area contributed by atoms with E-state index in [4.69, 9.17) is 16.0 Å². The summed E-state index contributed by atoms with van der Waals surface area (Å²) in [6.07, 6.45) is 0. The van der Waals surface area contributed by atoms with E-state index in [1.807, 2.05) is 37.3 Å². The molecule has 0 aliphatic carbocycles. The van der Waals surface area contributed by atoms with Crippen LogP contribution in [0.2, 0.25) is 5.02 Å². The molecule has 0 radical (unpaired) electrons. The Morgan fingerprint density at radius 3 is 2.36 bits per heavy atom. The van der Waals surface area contributed by atoms with E-state index in [1.165, 1.54) is 0 Å².